The minimum absolute atomic E-state index is 0. The smallest absolute Gasteiger partial charge is 0.294 e. The molecule has 2 heterocycles. The van der Waals surface area contributed by atoms with Gasteiger partial charge in [-0.2, -0.15) is 0 Å². The number of carbonyl (C=O) groups is 3. The maximum atomic E-state index is 13.8. The Balaban J connectivity index is 0.00000400. The Morgan fingerprint density at radius 2 is 1.84 bits per heavy atom. The summed E-state index contributed by atoms with van der Waals surface area (Å²) >= 11 is 5.92. The summed E-state index contributed by atoms with van der Waals surface area (Å²) in [5.74, 6) is -0.955. The number of halogens is 2. The van der Waals surface area contributed by atoms with Gasteiger partial charge in [-0.15, -0.1) is 12.4 Å². The number of rotatable bonds is 8. The molecule has 2 N–H and O–H groups in total. The summed E-state index contributed by atoms with van der Waals surface area (Å²) in [5, 5.41) is 9.55. The van der Waals surface area contributed by atoms with E-state index >= 15 is 0 Å². The van der Waals surface area contributed by atoms with Gasteiger partial charge >= 0.3 is 0 Å². The second kappa shape index (κ2) is 13.1. The lowest BCUT2D eigenvalue weighted by Gasteiger charge is -2.33. The van der Waals surface area contributed by atoms with E-state index in [0.717, 1.165) is 32.1 Å². The lowest BCUT2D eigenvalue weighted by Crippen LogP contribution is -2.46. The topological polar surface area (TPSA) is 117 Å². The molecule has 1 aliphatic carbocycles. The zero-order chi connectivity index (χ0) is 26.5. The first-order valence-electron chi connectivity index (χ1n) is 12.1. The van der Waals surface area contributed by atoms with Gasteiger partial charge in [0, 0.05) is 44.4 Å². The summed E-state index contributed by atoms with van der Waals surface area (Å²) in [6.45, 7) is -0.109. The predicted octanol–water partition coefficient (Wildman–Crippen LogP) is 5.13. The molecule has 0 aliphatic heterocycles. The molecule has 0 radical (unpaired) electrons. The van der Waals surface area contributed by atoms with Crippen LogP contribution in [0.3, 0.4) is 0 Å². The van der Waals surface area contributed by atoms with Crippen molar-refractivity contribution >= 4 is 69.9 Å². The van der Waals surface area contributed by atoms with Crippen LogP contribution in [0.1, 0.15) is 42.7 Å². The van der Waals surface area contributed by atoms with Gasteiger partial charge in [0.25, 0.3) is 5.91 Å². The maximum Gasteiger partial charge on any atom is 0.294 e. The number of aromatic nitrogens is 1. The van der Waals surface area contributed by atoms with E-state index in [0.29, 0.717) is 27.4 Å². The molecule has 3 aromatic rings. The quantitative estimate of drug-likeness (QED) is 0.365. The molecule has 4 rings (SSSR count). The van der Waals surface area contributed by atoms with E-state index < -0.39 is 5.91 Å². The zero-order valence-corrected chi connectivity index (χ0v) is 23.0. The van der Waals surface area contributed by atoms with Crippen molar-refractivity contribution in [1.82, 2.24) is 9.99 Å². The van der Waals surface area contributed by atoms with Crippen LogP contribution in [0.15, 0.2) is 40.9 Å². The number of carbonyl (C=O) groups excluding carboxylic acids is 3. The van der Waals surface area contributed by atoms with E-state index in [9.17, 15) is 14.4 Å². The van der Waals surface area contributed by atoms with Gasteiger partial charge in [-0.25, -0.2) is 15.0 Å². The van der Waals surface area contributed by atoms with Crippen LogP contribution in [0, 0.1) is 5.92 Å². The lowest BCUT2D eigenvalue weighted by molar-refractivity contribution is -0.125. The Labute approximate surface area is 232 Å². The molecule has 10 nitrogen and oxygen atoms in total. The summed E-state index contributed by atoms with van der Waals surface area (Å²) in [4.78, 5) is 43.5. The molecule has 38 heavy (non-hydrogen) atoms. The number of nitrogens with one attached hydrogen (secondary N) is 2. The number of anilines is 3. The molecule has 2 aromatic heterocycles. The average Bonchev–Trinajstić information content (AvgIpc) is 3.24. The number of hydrogen-bond acceptors (Lipinski definition) is 7. The van der Waals surface area contributed by atoms with Crippen molar-refractivity contribution in [2.75, 3.05) is 43.5 Å². The number of pyridine rings is 1. The number of furan rings is 1. The molecule has 0 saturated heterocycles. The highest BCUT2D eigenvalue weighted by atomic mass is 35.5. The van der Waals surface area contributed by atoms with Crippen LogP contribution < -0.4 is 15.6 Å². The van der Waals surface area contributed by atoms with Crippen LogP contribution in [0.2, 0.25) is 5.02 Å². The highest BCUT2D eigenvalue weighted by molar-refractivity contribution is 6.30. The molecule has 0 spiro atoms. The van der Waals surface area contributed by atoms with Crippen molar-refractivity contribution < 1.29 is 23.5 Å². The van der Waals surface area contributed by atoms with Gasteiger partial charge in [0.2, 0.25) is 17.6 Å². The van der Waals surface area contributed by atoms with Crippen molar-refractivity contribution in [1.29, 1.82) is 0 Å². The Morgan fingerprint density at radius 3 is 2.47 bits per heavy atom. The minimum atomic E-state index is -0.575. The van der Waals surface area contributed by atoms with Crippen LogP contribution in [0.4, 0.5) is 17.2 Å². The highest BCUT2D eigenvalue weighted by Crippen LogP contribution is 2.38. The van der Waals surface area contributed by atoms with Gasteiger partial charge in [0.1, 0.15) is 23.7 Å². The molecular formula is C26H31Cl2N5O5. The average molecular weight is 564 g/mol. The minimum Gasteiger partial charge on any atom is -0.449 e. The van der Waals surface area contributed by atoms with Crippen LogP contribution >= 0.6 is 24.0 Å². The summed E-state index contributed by atoms with van der Waals surface area (Å²) in [6.07, 6.45) is 6.06. The van der Waals surface area contributed by atoms with E-state index in [1.54, 1.807) is 49.4 Å². The van der Waals surface area contributed by atoms with Gasteiger partial charge in [0.15, 0.2) is 0 Å². The fourth-order valence-electron chi connectivity index (χ4n) is 4.51. The standard InChI is InChI=1S/C26H30ClN5O5.ClH/c1-31(2)32(26(35)16-7-5-4-6-8-16)23-19-13-18(29-22(33)15-36-3)10-11-20(19)37-24(23)25(34)30-21-12-9-17(27)14-28-21;/h9-14,16H,4-8,15H2,1-3H3,(H,29,33)(H,28,30,34);1H. The second-order valence-corrected chi connectivity index (χ2v) is 9.56. The SMILES string of the molecule is COCC(=O)Nc1ccc2oc(C(=O)Nc3ccc(Cl)cn3)c(N(C(=O)C3CCCCC3)N(C)C)c2c1.Cl. The monoisotopic (exact) mass is 563 g/mol. The molecule has 0 atom stereocenters. The molecule has 0 bridgehead atoms. The molecule has 1 aliphatic rings. The van der Waals surface area contributed by atoms with Gasteiger partial charge < -0.3 is 19.8 Å². The Hall–Kier alpha value is -3.18. The van der Waals surface area contributed by atoms with Crippen LogP contribution in [0.5, 0.6) is 0 Å². The molecule has 204 valence electrons. The number of fused-ring (bicyclic) bond motifs is 1. The number of hydrogen-bond donors (Lipinski definition) is 2. The fourth-order valence-corrected chi connectivity index (χ4v) is 4.62. The predicted molar refractivity (Wildman–Crippen MR) is 149 cm³/mol. The molecule has 1 aromatic carbocycles. The molecule has 1 saturated carbocycles. The third-order valence-corrected chi connectivity index (χ3v) is 6.39. The van der Waals surface area contributed by atoms with Gasteiger partial charge in [-0.1, -0.05) is 30.9 Å². The van der Waals surface area contributed by atoms with E-state index in [-0.39, 0.29) is 48.3 Å². The maximum absolute atomic E-state index is 13.8. The lowest BCUT2D eigenvalue weighted by atomic mass is 9.88. The third-order valence-electron chi connectivity index (χ3n) is 6.17. The number of benzene rings is 1. The number of methoxy groups -OCH3 is 1. The summed E-state index contributed by atoms with van der Waals surface area (Å²) in [7, 11) is 4.92. The zero-order valence-electron chi connectivity index (χ0n) is 21.5. The Kier molecular flexibility index (Phi) is 10.1. The number of amides is 3. The second-order valence-electron chi connectivity index (χ2n) is 9.12. The van der Waals surface area contributed by atoms with Gasteiger partial charge in [0.05, 0.1) is 5.02 Å². The fraction of sp³-hybridized carbons (Fsp3) is 0.385. The van der Waals surface area contributed by atoms with Crippen LogP contribution in [-0.2, 0) is 14.3 Å². The van der Waals surface area contributed by atoms with Crippen molar-refractivity contribution in [3.05, 3.63) is 47.3 Å². The molecule has 0 unspecified atom stereocenters. The molecular weight excluding hydrogens is 533 g/mol. The number of ether oxygens (including phenoxy) is 1. The normalized spacial score (nSPS) is 13.7. The van der Waals surface area contributed by atoms with E-state index in [1.165, 1.54) is 18.3 Å². The van der Waals surface area contributed by atoms with Crippen molar-refractivity contribution in [3.8, 4) is 0 Å². The first kappa shape index (κ1) is 29.4. The number of nitrogens with zero attached hydrogens (tertiary/aromatic N) is 3. The van der Waals surface area contributed by atoms with Crippen LogP contribution in [-0.4, -0.2) is 55.5 Å². The summed E-state index contributed by atoms with van der Waals surface area (Å²) in [5.41, 5.74) is 1.16. The van der Waals surface area contributed by atoms with Gasteiger partial charge in [-0.05, 0) is 43.2 Å². The van der Waals surface area contributed by atoms with E-state index in [4.69, 9.17) is 20.8 Å². The Bertz CT molecular complexity index is 1290. The van der Waals surface area contributed by atoms with Crippen LogP contribution in [0.25, 0.3) is 11.0 Å². The first-order valence-corrected chi connectivity index (χ1v) is 12.5. The molecule has 3 amide bonds. The first-order chi connectivity index (χ1) is 17.8. The van der Waals surface area contributed by atoms with E-state index in [1.807, 2.05) is 0 Å². The van der Waals surface area contributed by atoms with Crippen molar-refractivity contribution in [3.63, 3.8) is 0 Å². The summed E-state index contributed by atoms with van der Waals surface area (Å²) < 4.78 is 10.9. The van der Waals surface area contributed by atoms with E-state index in [2.05, 4.69) is 15.6 Å². The van der Waals surface area contributed by atoms with Gasteiger partial charge in [-0.3, -0.25) is 14.4 Å². The Morgan fingerprint density at radius 1 is 1.11 bits per heavy atom. The third kappa shape index (κ3) is 6.63. The number of hydrazine groups is 1. The van der Waals surface area contributed by atoms with Crippen molar-refractivity contribution in [2.45, 2.75) is 32.1 Å². The largest absolute Gasteiger partial charge is 0.449 e. The highest BCUT2D eigenvalue weighted by Gasteiger charge is 2.34. The molecule has 12 heteroatoms. The summed E-state index contributed by atoms with van der Waals surface area (Å²) in [6, 6.07) is 8.18. The molecule has 1 fully saturated rings. The van der Waals surface area contributed by atoms with Crippen molar-refractivity contribution in [2.24, 2.45) is 5.92 Å².